The molecule has 1 amide bonds. The number of piperazine rings is 1. The third-order valence-corrected chi connectivity index (χ3v) is 6.79. The predicted octanol–water partition coefficient (Wildman–Crippen LogP) is 2.62. The number of pyridine rings is 2. The van der Waals surface area contributed by atoms with Crippen LogP contribution in [0.5, 0.6) is 0 Å². The molecular weight excluding hydrogens is 397 g/mol. The van der Waals surface area contributed by atoms with E-state index in [1.165, 1.54) is 12.3 Å². The standard InChI is InChI=1S/C23H24FN5O2/c1-15-6-19-12-28(13-20(15)29(19)21-3-2-16(8-25)9-27-21)22(30)14-31-23(4-5-23)17-7-18(24)11-26-10-17/h2-3,7,9-11,15,19-20H,4-6,12-14H2,1H3/t15-,19?,20?/m0/s1. The minimum absolute atomic E-state index is 0.0144. The van der Waals surface area contributed by atoms with Crippen LogP contribution in [0.2, 0.25) is 0 Å². The number of amides is 1. The highest BCUT2D eigenvalue weighted by Gasteiger charge is 2.48. The number of hydrogen-bond donors (Lipinski definition) is 0. The van der Waals surface area contributed by atoms with Crippen molar-refractivity contribution in [2.75, 3.05) is 24.6 Å². The van der Waals surface area contributed by atoms with Crippen molar-refractivity contribution >= 4 is 11.7 Å². The molecule has 2 aliphatic heterocycles. The van der Waals surface area contributed by atoms with E-state index in [0.29, 0.717) is 30.1 Å². The van der Waals surface area contributed by atoms with Gasteiger partial charge in [-0.3, -0.25) is 9.78 Å². The predicted molar refractivity (Wildman–Crippen MR) is 110 cm³/mol. The van der Waals surface area contributed by atoms with E-state index in [0.717, 1.165) is 25.1 Å². The van der Waals surface area contributed by atoms with E-state index >= 15 is 0 Å². The largest absolute Gasteiger partial charge is 0.360 e. The zero-order valence-electron chi connectivity index (χ0n) is 17.4. The van der Waals surface area contributed by atoms with Gasteiger partial charge in [-0.05, 0) is 43.4 Å². The molecule has 2 aromatic heterocycles. The van der Waals surface area contributed by atoms with Crippen molar-refractivity contribution in [1.29, 1.82) is 5.26 Å². The molecule has 8 heteroatoms. The fourth-order valence-corrected chi connectivity index (χ4v) is 4.98. The Morgan fingerprint density at radius 1 is 1.32 bits per heavy atom. The van der Waals surface area contributed by atoms with Gasteiger partial charge in [0.05, 0.1) is 23.4 Å². The van der Waals surface area contributed by atoms with Crippen LogP contribution in [-0.2, 0) is 15.1 Å². The molecule has 160 valence electrons. The van der Waals surface area contributed by atoms with Crippen LogP contribution >= 0.6 is 0 Å². The number of halogens is 1. The van der Waals surface area contributed by atoms with Crippen LogP contribution in [0.1, 0.15) is 37.3 Å². The summed E-state index contributed by atoms with van der Waals surface area (Å²) in [5, 5.41) is 9.01. The molecule has 0 spiro atoms. The van der Waals surface area contributed by atoms with E-state index in [4.69, 9.17) is 10.00 Å². The SMILES string of the molecule is C[C@H]1CC2CN(C(=O)COC3(c4cncc(F)c4)CC3)CC1N2c1ccc(C#N)cn1. The van der Waals surface area contributed by atoms with E-state index in [2.05, 4.69) is 27.9 Å². The number of anilines is 1. The summed E-state index contributed by atoms with van der Waals surface area (Å²) in [4.78, 5) is 25.5. The second-order valence-electron chi connectivity index (χ2n) is 8.83. The number of rotatable bonds is 5. The molecule has 1 saturated carbocycles. The van der Waals surface area contributed by atoms with Gasteiger partial charge in [-0.25, -0.2) is 9.37 Å². The van der Waals surface area contributed by atoms with Crippen LogP contribution in [0.4, 0.5) is 10.2 Å². The van der Waals surface area contributed by atoms with Crippen molar-refractivity contribution in [1.82, 2.24) is 14.9 Å². The van der Waals surface area contributed by atoms with E-state index < -0.39 is 11.4 Å². The summed E-state index contributed by atoms with van der Waals surface area (Å²) in [6.45, 7) is 3.44. The van der Waals surface area contributed by atoms with Crippen molar-refractivity contribution in [3.8, 4) is 6.07 Å². The number of hydrogen-bond acceptors (Lipinski definition) is 6. The lowest BCUT2D eigenvalue weighted by Crippen LogP contribution is -2.57. The maximum absolute atomic E-state index is 13.5. The summed E-state index contributed by atoms with van der Waals surface area (Å²) in [6.07, 6.45) is 6.92. The lowest BCUT2D eigenvalue weighted by atomic mass is 10.0. The van der Waals surface area contributed by atoms with E-state index in [-0.39, 0.29) is 24.6 Å². The Kier molecular flexibility index (Phi) is 4.86. The van der Waals surface area contributed by atoms with Crippen molar-refractivity contribution in [2.45, 2.75) is 43.9 Å². The number of ether oxygens (including phenoxy) is 1. The number of nitrogens with zero attached hydrogens (tertiary/aromatic N) is 5. The number of likely N-dealkylation sites (tertiary alicyclic amines) is 1. The Balaban J connectivity index is 1.25. The molecule has 4 heterocycles. The Hall–Kier alpha value is -3.05. The summed E-state index contributed by atoms with van der Waals surface area (Å²) in [6, 6.07) is 7.60. The van der Waals surface area contributed by atoms with Crippen molar-refractivity contribution in [3.05, 3.63) is 53.7 Å². The molecule has 3 atom stereocenters. The highest BCUT2D eigenvalue weighted by molar-refractivity contribution is 5.78. The second-order valence-corrected chi connectivity index (χ2v) is 8.83. The van der Waals surface area contributed by atoms with Gasteiger partial charge in [0.25, 0.3) is 0 Å². The number of fused-ring (bicyclic) bond motifs is 2. The molecule has 1 aliphatic carbocycles. The summed E-state index contributed by atoms with van der Waals surface area (Å²) in [7, 11) is 0. The van der Waals surface area contributed by atoms with Gasteiger partial charge in [0.15, 0.2) is 0 Å². The lowest BCUT2D eigenvalue weighted by Gasteiger charge is -2.42. The van der Waals surface area contributed by atoms with E-state index in [9.17, 15) is 9.18 Å². The lowest BCUT2D eigenvalue weighted by molar-refractivity contribution is -0.140. The number of aromatic nitrogens is 2. The molecule has 7 nitrogen and oxygen atoms in total. The smallest absolute Gasteiger partial charge is 0.248 e. The monoisotopic (exact) mass is 421 g/mol. The molecule has 0 aromatic carbocycles. The van der Waals surface area contributed by atoms with Crippen molar-refractivity contribution < 1.29 is 13.9 Å². The van der Waals surface area contributed by atoms with Gasteiger partial charge in [0.2, 0.25) is 5.91 Å². The van der Waals surface area contributed by atoms with Crippen LogP contribution in [0.3, 0.4) is 0 Å². The zero-order chi connectivity index (χ0) is 21.6. The first-order chi connectivity index (χ1) is 15.0. The van der Waals surface area contributed by atoms with Crippen LogP contribution in [0.25, 0.3) is 0 Å². The molecule has 3 aliphatic rings. The van der Waals surface area contributed by atoms with Crippen LogP contribution in [-0.4, -0.2) is 52.6 Å². The van der Waals surface area contributed by atoms with Gasteiger partial charge in [-0.15, -0.1) is 0 Å². The van der Waals surface area contributed by atoms with Gasteiger partial charge in [0.1, 0.15) is 24.3 Å². The van der Waals surface area contributed by atoms with Crippen molar-refractivity contribution in [2.24, 2.45) is 5.92 Å². The average molecular weight is 421 g/mol. The molecule has 0 N–H and O–H groups in total. The number of carbonyl (C=O) groups excluding carboxylic acids is 1. The third kappa shape index (κ3) is 3.63. The molecule has 2 saturated heterocycles. The number of nitriles is 1. The molecular formula is C23H24FN5O2. The Morgan fingerprint density at radius 2 is 2.16 bits per heavy atom. The maximum atomic E-state index is 13.5. The molecule has 3 fully saturated rings. The second kappa shape index (κ2) is 7.57. The zero-order valence-corrected chi connectivity index (χ0v) is 17.4. The molecule has 5 rings (SSSR count). The highest BCUT2D eigenvalue weighted by Crippen LogP contribution is 2.49. The minimum atomic E-state index is -0.578. The molecule has 0 radical (unpaired) electrons. The first-order valence-electron chi connectivity index (χ1n) is 10.7. The summed E-state index contributed by atoms with van der Waals surface area (Å²) in [5.41, 5.74) is 0.661. The van der Waals surface area contributed by atoms with Crippen LogP contribution in [0, 0.1) is 23.1 Å². The van der Waals surface area contributed by atoms with Gasteiger partial charge in [-0.2, -0.15) is 5.26 Å². The summed E-state index contributed by atoms with van der Waals surface area (Å²) < 4.78 is 19.5. The fourth-order valence-electron chi connectivity index (χ4n) is 4.98. The number of carbonyl (C=O) groups is 1. The Morgan fingerprint density at radius 3 is 2.81 bits per heavy atom. The first-order valence-corrected chi connectivity index (χ1v) is 10.7. The minimum Gasteiger partial charge on any atom is -0.360 e. The first kappa shape index (κ1) is 19.9. The quantitative estimate of drug-likeness (QED) is 0.738. The Bertz CT molecular complexity index is 1030. The topological polar surface area (TPSA) is 82.4 Å². The molecule has 2 aromatic rings. The van der Waals surface area contributed by atoms with Gasteiger partial charge in [0, 0.05) is 37.1 Å². The molecule has 2 bridgehead atoms. The average Bonchev–Trinajstić information content (AvgIpc) is 3.54. The molecule has 2 unspecified atom stereocenters. The van der Waals surface area contributed by atoms with Crippen LogP contribution < -0.4 is 4.90 Å². The summed E-state index contributed by atoms with van der Waals surface area (Å²) in [5.74, 6) is 0.871. The van der Waals surface area contributed by atoms with Gasteiger partial charge >= 0.3 is 0 Å². The normalized spacial score (nSPS) is 25.9. The van der Waals surface area contributed by atoms with E-state index in [1.807, 2.05) is 11.0 Å². The van der Waals surface area contributed by atoms with Crippen LogP contribution in [0.15, 0.2) is 36.8 Å². The van der Waals surface area contributed by atoms with Gasteiger partial charge < -0.3 is 14.5 Å². The Labute approximate surface area is 180 Å². The van der Waals surface area contributed by atoms with E-state index in [1.54, 1.807) is 18.5 Å². The molecule has 31 heavy (non-hydrogen) atoms. The van der Waals surface area contributed by atoms with Crippen molar-refractivity contribution in [3.63, 3.8) is 0 Å². The van der Waals surface area contributed by atoms with Gasteiger partial charge in [-0.1, -0.05) is 6.92 Å². The highest BCUT2D eigenvalue weighted by atomic mass is 19.1. The maximum Gasteiger partial charge on any atom is 0.248 e. The summed E-state index contributed by atoms with van der Waals surface area (Å²) >= 11 is 0. The fraction of sp³-hybridized carbons (Fsp3) is 0.478. The third-order valence-electron chi connectivity index (χ3n) is 6.79.